The van der Waals surface area contributed by atoms with Crippen LogP contribution in [0, 0.1) is 0 Å². The van der Waals surface area contributed by atoms with Gasteiger partial charge in [-0.25, -0.2) is 0 Å². The first kappa shape index (κ1) is 42.2. The number of nitrogens with one attached hydrogen (secondary N) is 2. The summed E-state index contributed by atoms with van der Waals surface area (Å²) in [5, 5.41) is 27.2. The van der Waals surface area contributed by atoms with Crippen molar-refractivity contribution >= 4 is 79.8 Å². The van der Waals surface area contributed by atoms with Gasteiger partial charge >= 0.3 is 0 Å². The molecule has 300 valence electrons. The maximum atomic E-state index is 12.4. The Hall–Kier alpha value is -6.39. The van der Waals surface area contributed by atoms with Crippen molar-refractivity contribution in [3.8, 4) is 11.5 Å². The fourth-order valence-electron chi connectivity index (χ4n) is 5.91. The Labute approximate surface area is 348 Å². The summed E-state index contributed by atoms with van der Waals surface area (Å²) in [6, 6.07) is 33.0. The molecule has 59 heavy (non-hydrogen) atoms. The van der Waals surface area contributed by atoms with Gasteiger partial charge in [0.25, 0.3) is 5.91 Å². The highest BCUT2D eigenvalue weighted by Crippen LogP contribution is 2.31. The van der Waals surface area contributed by atoms with Gasteiger partial charge in [-0.1, -0.05) is 78.5 Å². The number of ether oxygens (including phenoxy) is 2. The second-order valence-corrected chi connectivity index (χ2v) is 14.7. The molecule has 0 radical (unpaired) electrons. The van der Waals surface area contributed by atoms with Crippen LogP contribution in [0.25, 0.3) is 27.9 Å². The van der Waals surface area contributed by atoms with E-state index < -0.39 is 6.04 Å². The zero-order chi connectivity index (χ0) is 41.6. The average molecular weight is 829 g/mol. The zero-order valence-corrected chi connectivity index (χ0v) is 33.7. The summed E-state index contributed by atoms with van der Waals surface area (Å²) in [7, 11) is 3.22. The summed E-state index contributed by atoms with van der Waals surface area (Å²) < 4.78 is 10.6. The largest absolute Gasteiger partial charge is 0.496 e. The van der Waals surface area contributed by atoms with Gasteiger partial charge in [-0.2, -0.15) is 0 Å². The van der Waals surface area contributed by atoms with Crippen molar-refractivity contribution < 1.29 is 34.1 Å². The monoisotopic (exact) mass is 828 g/mol. The Kier molecular flexibility index (Phi) is 14.9. The quantitative estimate of drug-likeness (QED) is 0.0870. The molecular weight excluding hydrogens is 789 g/mol. The van der Waals surface area contributed by atoms with Gasteiger partial charge in [-0.05, 0) is 77.0 Å². The molecule has 0 saturated carbocycles. The Bertz CT molecular complexity index is 2520. The van der Waals surface area contributed by atoms with Gasteiger partial charge in [0.15, 0.2) is 10.3 Å². The molecule has 2 aliphatic heterocycles. The van der Waals surface area contributed by atoms with Crippen LogP contribution < -0.4 is 20.1 Å². The number of aliphatic hydroxyl groups is 2. The Balaban J connectivity index is 0.000000164. The molecule has 0 aliphatic carbocycles. The number of fused-ring (bicyclic) bond motifs is 2. The Morgan fingerprint density at radius 1 is 0.712 bits per heavy atom. The predicted octanol–water partition coefficient (Wildman–Crippen LogP) is 6.53. The number of pyridine rings is 2. The van der Waals surface area contributed by atoms with Crippen LogP contribution in [0.3, 0.4) is 0 Å². The molecule has 2 saturated heterocycles. The molecule has 0 bridgehead atoms. The molecular formula is C44H40N6O7S2. The number of aldehydes is 1. The van der Waals surface area contributed by atoms with Crippen molar-refractivity contribution in [2.24, 2.45) is 9.98 Å². The van der Waals surface area contributed by atoms with Gasteiger partial charge < -0.3 is 30.3 Å². The number of aliphatic hydroxyl groups excluding tert-OH is 2. The molecule has 2 atom stereocenters. The lowest BCUT2D eigenvalue weighted by atomic mass is 10.1. The molecule has 4 aromatic carbocycles. The minimum Gasteiger partial charge on any atom is -0.496 e. The van der Waals surface area contributed by atoms with Gasteiger partial charge in [-0.3, -0.25) is 34.3 Å². The standard InChI is InChI=1S/C22H19N3O3S.C11H12N2O2S.C11H9NO2/c1-28-19-9-10-23-17-8-7-14(11-16(17)19)12-20-21(27)25-22(29-20)24-18(13-26)15-5-3-2-4-6-15;14-6-9(8-4-2-1-3-5-8)12-11-13-10(15)7-16-11;1-14-11-4-5-12-10-3-2-8(7-13)6-9(10)11/h2-12,18,26H,13H2,1H3,(H,24,25,27);1-5,9,14H,6-7H2,(H,12,13,15);2-7H,1H3/b20-12-;;/t18-;9-;/m00./s1. The SMILES string of the molecule is COc1ccnc2ccc(/C=C3\SC(=N[C@@H](CO)c4ccccc4)NC3=O)cc12.COc1ccnc2ccc(C=O)cc12.O=C1CSC(=N[C@@H](CO)c2ccccc2)N1. The Morgan fingerprint density at radius 3 is 1.73 bits per heavy atom. The van der Waals surface area contributed by atoms with Gasteiger partial charge in [0.05, 0.1) is 49.1 Å². The number of amidine groups is 2. The fourth-order valence-corrected chi connectivity index (χ4v) is 7.50. The number of carbonyl (C=O) groups excluding carboxylic acids is 3. The lowest BCUT2D eigenvalue weighted by Crippen LogP contribution is -2.21. The molecule has 2 fully saturated rings. The second-order valence-electron chi connectivity index (χ2n) is 12.7. The molecule has 2 aliphatic rings. The molecule has 2 amide bonds. The lowest BCUT2D eigenvalue weighted by molar-refractivity contribution is -0.117. The normalized spacial score (nSPS) is 16.4. The molecule has 8 rings (SSSR count). The van der Waals surface area contributed by atoms with Crippen molar-refractivity contribution in [3.63, 3.8) is 0 Å². The number of benzene rings is 4. The van der Waals surface area contributed by atoms with E-state index in [0.717, 1.165) is 56.3 Å². The maximum absolute atomic E-state index is 12.4. The van der Waals surface area contributed by atoms with Crippen LogP contribution in [-0.2, 0) is 9.59 Å². The van der Waals surface area contributed by atoms with E-state index in [1.54, 1.807) is 50.9 Å². The first-order valence-corrected chi connectivity index (χ1v) is 20.0. The second kappa shape index (κ2) is 20.9. The number of carbonyl (C=O) groups is 3. The average Bonchev–Trinajstić information content (AvgIpc) is 3.87. The van der Waals surface area contributed by atoms with Crippen LogP contribution in [0.5, 0.6) is 11.5 Å². The number of nitrogens with zero attached hydrogens (tertiary/aromatic N) is 4. The number of hydrogen-bond acceptors (Lipinski definition) is 13. The van der Waals surface area contributed by atoms with E-state index in [1.165, 1.54) is 23.5 Å². The molecule has 15 heteroatoms. The van der Waals surface area contributed by atoms with Gasteiger partial charge in [0, 0.05) is 28.7 Å². The summed E-state index contributed by atoms with van der Waals surface area (Å²) in [5.74, 6) is 1.63. The van der Waals surface area contributed by atoms with Gasteiger partial charge in [0.2, 0.25) is 5.91 Å². The van der Waals surface area contributed by atoms with Crippen molar-refractivity contribution in [2.45, 2.75) is 12.1 Å². The summed E-state index contributed by atoms with van der Waals surface area (Å²) in [6.45, 7) is -0.204. The highest BCUT2D eigenvalue weighted by molar-refractivity contribution is 8.18. The molecule has 4 N–H and O–H groups in total. The summed E-state index contributed by atoms with van der Waals surface area (Å²) >= 11 is 2.63. The topological polar surface area (TPSA) is 185 Å². The number of thioether (sulfide) groups is 2. The minimum absolute atomic E-state index is 0.0338. The highest BCUT2D eigenvalue weighted by Gasteiger charge is 2.25. The number of hydrogen-bond donors (Lipinski definition) is 4. The van der Waals surface area contributed by atoms with E-state index in [0.29, 0.717) is 26.6 Å². The molecule has 4 heterocycles. The van der Waals surface area contributed by atoms with E-state index >= 15 is 0 Å². The van der Waals surface area contributed by atoms with Crippen LogP contribution in [0.2, 0.25) is 0 Å². The smallest absolute Gasteiger partial charge is 0.264 e. The van der Waals surface area contributed by atoms with E-state index in [9.17, 15) is 24.6 Å². The third-order valence-electron chi connectivity index (χ3n) is 8.82. The van der Waals surface area contributed by atoms with Crippen LogP contribution in [0.1, 0.15) is 39.1 Å². The first-order chi connectivity index (χ1) is 28.8. The van der Waals surface area contributed by atoms with Gasteiger partial charge in [0.1, 0.15) is 29.9 Å². The van der Waals surface area contributed by atoms with Crippen molar-refractivity contribution in [1.82, 2.24) is 20.6 Å². The molecule has 0 unspecified atom stereocenters. The van der Waals surface area contributed by atoms with Crippen molar-refractivity contribution in [2.75, 3.05) is 33.2 Å². The molecule has 13 nitrogen and oxygen atoms in total. The van der Waals surface area contributed by atoms with Gasteiger partial charge in [-0.15, -0.1) is 0 Å². The van der Waals surface area contributed by atoms with E-state index in [2.05, 4.69) is 30.6 Å². The Morgan fingerprint density at radius 2 is 1.24 bits per heavy atom. The van der Waals surface area contributed by atoms with Crippen LogP contribution >= 0.6 is 23.5 Å². The lowest BCUT2D eigenvalue weighted by Gasteiger charge is -2.10. The van der Waals surface area contributed by atoms with Crippen LogP contribution in [0.15, 0.2) is 136 Å². The van der Waals surface area contributed by atoms with Crippen LogP contribution in [-0.4, -0.2) is 81.8 Å². The van der Waals surface area contributed by atoms with Crippen molar-refractivity contribution in [3.05, 3.63) is 149 Å². The number of rotatable bonds is 10. The fraction of sp³-hybridized carbons (Fsp3) is 0.159. The third kappa shape index (κ3) is 11.2. The molecule has 2 aromatic heterocycles. The summed E-state index contributed by atoms with van der Waals surface area (Å²) in [6.07, 6.45) is 6.01. The number of methoxy groups -OCH3 is 2. The minimum atomic E-state index is -0.422. The number of amides is 2. The zero-order valence-electron chi connectivity index (χ0n) is 32.0. The third-order valence-corrected chi connectivity index (χ3v) is 10.6. The van der Waals surface area contributed by atoms with Crippen LogP contribution in [0.4, 0.5) is 0 Å². The molecule has 0 spiro atoms. The van der Waals surface area contributed by atoms with E-state index in [4.69, 9.17) is 9.47 Å². The maximum Gasteiger partial charge on any atom is 0.264 e. The molecule has 6 aromatic rings. The predicted molar refractivity (Wildman–Crippen MR) is 234 cm³/mol. The van der Waals surface area contributed by atoms with E-state index in [1.807, 2.05) is 91.0 Å². The summed E-state index contributed by atoms with van der Waals surface area (Å²) in [4.78, 5) is 51.8. The first-order valence-electron chi connectivity index (χ1n) is 18.2. The summed E-state index contributed by atoms with van der Waals surface area (Å²) in [5.41, 5.74) is 4.98. The number of aromatic nitrogens is 2. The van der Waals surface area contributed by atoms with E-state index in [-0.39, 0.29) is 31.1 Å². The van der Waals surface area contributed by atoms with Crippen molar-refractivity contribution in [1.29, 1.82) is 0 Å². The number of aliphatic imine (C=N–C) groups is 2. The highest BCUT2D eigenvalue weighted by atomic mass is 32.2.